The highest BCUT2D eigenvalue weighted by molar-refractivity contribution is 7.18. The minimum atomic E-state index is 0.675. The Hall–Kier alpha value is -1.85. The van der Waals surface area contributed by atoms with E-state index in [0.717, 1.165) is 17.0 Å². The lowest BCUT2D eigenvalue weighted by Gasteiger charge is -2.36. The van der Waals surface area contributed by atoms with Gasteiger partial charge in [0, 0.05) is 30.4 Å². The van der Waals surface area contributed by atoms with Gasteiger partial charge < -0.3 is 4.90 Å². The van der Waals surface area contributed by atoms with Crippen molar-refractivity contribution in [3.63, 3.8) is 0 Å². The number of nitrogens with zero attached hydrogens (tertiary/aromatic N) is 4. The fraction of sp³-hybridized carbons (Fsp3) is 0.450. The van der Waals surface area contributed by atoms with Gasteiger partial charge in [0.15, 0.2) is 0 Å². The molecule has 1 saturated carbocycles. The quantitative estimate of drug-likeness (QED) is 0.702. The van der Waals surface area contributed by atoms with E-state index >= 15 is 0 Å². The second kappa shape index (κ2) is 6.46. The van der Waals surface area contributed by atoms with Gasteiger partial charge in [0.1, 0.15) is 6.33 Å². The maximum absolute atomic E-state index is 4.91. The van der Waals surface area contributed by atoms with Crippen molar-refractivity contribution in [1.82, 2.24) is 19.9 Å². The molecule has 0 amide bonds. The van der Waals surface area contributed by atoms with Crippen LogP contribution in [0.1, 0.15) is 36.6 Å². The van der Waals surface area contributed by atoms with Crippen LogP contribution in [0.25, 0.3) is 21.3 Å². The number of benzene rings is 1. The summed E-state index contributed by atoms with van der Waals surface area (Å²) in [6.45, 7) is 3.93. The molecule has 128 valence electrons. The Morgan fingerprint density at radius 1 is 1.04 bits per heavy atom. The zero-order chi connectivity index (χ0) is 16.6. The predicted molar refractivity (Wildman–Crippen MR) is 102 cm³/mol. The second-order valence-corrected chi connectivity index (χ2v) is 8.47. The van der Waals surface area contributed by atoms with Gasteiger partial charge in [0.05, 0.1) is 15.2 Å². The van der Waals surface area contributed by atoms with E-state index in [9.17, 15) is 0 Å². The van der Waals surface area contributed by atoms with Gasteiger partial charge in [-0.25, -0.2) is 15.0 Å². The Balaban J connectivity index is 1.30. The van der Waals surface area contributed by atoms with Crippen LogP contribution < -0.4 is 0 Å². The Morgan fingerprint density at radius 3 is 2.64 bits per heavy atom. The summed E-state index contributed by atoms with van der Waals surface area (Å²) >= 11 is 1.87. The molecule has 3 heterocycles. The standard InChI is InChI=1S/C20H22N4S/c1-2-6-24(5-1)12-14-7-16(8-14)20-23-18-4-3-15(9-19(18)25-20)17-10-21-13-22-11-17/h3-4,9-11,13-14,16H,1-2,5-8,12H2. The van der Waals surface area contributed by atoms with Crippen molar-refractivity contribution in [3.8, 4) is 11.1 Å². The first-order valence-electron chi connectivity index (χ1n) is 9.23. The summed E-state index contributed by atoms with van der Waals surface area (Å²) < 4.78 is 1.28. The molecule has 0 atom stereocenters. The smallest absolute Gasteiger partial charge is 0.115 e. The molecular formula is C20H22N4S. The van der Waals surface area contributed by atoms with Crippen molar-refractivity contribution in [3.05, 3.63) is 41.9 Å². The zero-order valence-corrected chi connectivity index (χ0v) is 15.1. The molecule has 0 unspecified atom stereocenters. The Kier molecular flexibility index (Phi) is 3.98. The largest absolute Gasteiger partial charge is 0.303 e. The summed E-state index contributed by atoms with van der Waals surface area (Å²) in [6.07, 6.45) is 10.7. The SMILES string of the molecule is c1ncc(-c2ccc3nc(C4CC(CN5CCCC5)C4)sc3c2)cn1. The van der Waals surface area contributed by atoms with Gasteiger partial charge in [-0.15, -0.1) is 11.3 Å². The first-order valence-corrected chi connectivity index (χ1v) is 10.0. The normalized spacial score (nSPS) is 23.8. The van der Waals surface area contributed by atoms with Gasteiger partial charge in [0.25, 0.3) is 0 Å². The molecule has 1 saturated heterocycles. The monoisotopic (exact) mass is 350 g/mol. The lowest BCUT2D eigenvalue weighted by atomic mass is 9.75. The van der Waals surface area contributed by atoms with E-state index in [2.05, 4.69) is 33.1 Å². The van der Waals surface area contributed by atoms with Crippen molar-refractivity contribution >= 4 is 21.6 Å². The van der Waals surface area contributed by atoms with Crippen molar-refractivity contribution in [1.29, 1.82) is 0 Å². The van der Waals surface area contributed by atoms with Gasteiger partial charge in [-0.05, 0) is 62.4 Å². The molecule has 5 heteroatoms. The number of fused-ring (bicyclic) bond motifs is 1. The minimum Gasteiger partial charge on any atom is -0.303 e. The fourth-order valence-electron chi connectivity index (χ4n) is 4.16. The third kappa shape index (κ3) is 3.07. The van der Waals surface area contributed by atoms with E-state index in [4.69, 9.17) is 4.98 Å². The summed E-state index contributed by atoms with van der Waals surface area (Å²) in [7, 11) is 0. The lowest BCUT2D eigenvalue weighted by Crippen LogP contribution is -2.33. The van der Waals surface area contributed by atoms with Crippen LogP contribution in [-0.2, 0) is 0 Å². The molecule has 0 radical (unpaired) electrons. The van der Waals surface area contributed by atoms with Crippen molar-refractivity contribution in [2.75, 3.05) is 19.6 Å². The van der Waals surface area contributed by atoms with E-state index in [-0.39, 0.29) is 0 Å². The van der Waals surface area contributed by atoms with Crippen LogP contribution in [0, 0.1) is 5.92 Å². The number of likely N-dealkylation sites (tertiary alicyclic amines) is 1. The highest BCUT2D eigenvalue weighted by atomic mass is 32.1. The molecule has 1 aliphatic heterocycles. The number of aromatic nitrogens is 3. The first kappa shape index (κ1) is 15.4. The molecule has 2 aliphatic rings. The molecule has 0 bridgehead atoms. The van der Waals surface area contributed by atoms with E-state index in [1.807, 2.05) is 23.7 Å². The van der Waals surface area contributed by atoms with Gasteiger partial charge in [-0.1, -0.05) is 6.07 Å². The van der Waals surface area contributed by atoms with Crippen LogP contribution in [0.2, 0.25) is 0 Å². The van der Waals surface area contributed by atoms with Crippen LogP contribution in [0.3, 0.4) is 0 Å². The van der Waals surface area contributed by atoms with Crippen LogP contribution in [0.4, 0.5) is 0 Å². The average Bonchev–Trinajstić information content (AvgIpc) is 3.27. The van der Waals surface area contributed by atoms with Crippen molar-refractivity contribution < 1.29 is 0 Å². The van der Waals surface area contributed by atoms with Crippen molar-refractivity contribution in [2.24, 2.45) is 5.92 Å². The minimum absolute atomic E-state index is 0.675. The summed E-state index contributed by atoms with van der Waals surface area (Å²) in [5.74, 6) is 1.56. The zero-order valence-electron chi connectivity index (χ0n) is 14.3. The Bertz CT molecular complexity index is 864. The summed E-state index contributed by atoms with van der Waals surface area (Å²) in [4.78, 5) is 15.8. The topological polar surface area (TPSA) is 41.9 Å². The molecule has 0 spiro atoms. The predicted octanol–water partition coefficient (Wildman–Crippen LogP) is 4.34. The van der Waals surface area contributed by atoms with E-state index in [1.54, 1.807) is 6.33 Å². The highest BCUT2D eigenvalue weighted by Crippen LogP contribution is 2.44. The third-order valence-electron chi connectivity index (χ3n) is 5.60. The molecular weight excluding hydrogens is 328 g/mol. The van der Waals surface area contributed by atoms with Gasteiger partial charge >= 0.3 is 0 Å². The highest BCUT2D eigenvalue weighted by Gasteiger charge is 2.34. The van der Waals surface area contributed by atoms with Gasteiger partial charge in [0.2, 0.25) is 0 Å². The second-order valence-electron chi connectivity index (χ2n) is 7.40. The first-order chi connectivity index (χ1) is 12.3. The van der Waals surface area contributed by atoms with E-state index in [0.29, 0.717) is 5.92 Å². The third-order valence-corrected chi connectivity index (χ3v) is 6.78. The molecule has 4 nitrogen and oxygen atoms in total. The molecule has 0 N–H and O–H groups in total. The number of thiazole rings is 1. The van der Waals surface area contributed by atoms with Crippen LogP contribution in [0.5, 0.6) is 0 Å². The van der Waals surface area contributed by atoms with Gasteiger partial charge in [-0.3, -0.25) is 0 Å². The molecule has 3 aromatic rings. The maximum Gasteiger partial charge on any atom is 0.115 e. The lowest BCUT2D eigenvalue weighted by molar-refractivity contribution is 0.180. The number of rotatable bonds is 4. The van der Waals surface area contributed by atoms with Crippen LogP contribution in [-0.4, -0.2) is 39.5 Å². The number of hydrogen-bond acceptors (Lipinski definition) is 5. The summed E-state index contributed by atoms with van der Waals surface area (Å²) in [5.41, 5.74) is 3.36. The molecule has 2 aromatic heterocycles. The maximum atomic E-state index is 4.91. The molecule has 2 fully saturated rings. The molecule has 5 rings (SSSR count). The molecule has 1 aromatic carbocycles. The van der Waals surface area contributed by atoms with Gasteiger partial charge in [-0.2, -0.15) is 0 Å². The average molecular weight is 350 g/mol. The fourth-order valence-corrected chi connectivity index (χ4v) is 5.29. The van der Waals surface area contributed by atoms with Crippen LogP contribution in [0.15, 0.2) is 36.9 Å². The molecule has 25 heavy (non-hydrogen) atoms. The Labute approximate surface area is 152 Å². The van der Waals surface area contributed by atoms with E-state index < -0.39 is 0 Å². The van der Waals surface area contributed by atoms with Crippen molar-refractivity contribution in [2.45, 2.75) is 31.6 Å². The molecule has 1 aliphatic carbocycles. The Morgan fingerprint density at radius 2 is 1.84 bits per heavy atom. The van der Waals surface area contributed by atoms with Crippen LogP contribution >= 0.6 is 11.3 Å². The summed E-state index contributed by atoms with van der Waals surface area (Å²) in [5, 5.41) is 1.33. The number of hydrogen-bond donors (Lipinski definition) is 0. The summed E-state index contributed by atoms with van der Waals surface area (Å²) in [6, 6.07) is 6.50. The van der Waals surface area contributed by atoms with E-state index in [1.165, 1.54) is 60.6 Å².